The molecule has 0 aliphatic carbocycles. The van der Waals surface area contributed by atoms with E-state index in [1.54, 1.807) is 0 Å². The Balaban J connectivity index is 1.82. The van der Waals surface area contributed by atoms with Crippen molar-refractivity contribution in [3.8, 4) is 0 Å². The van der Waals surface area contributed by atoms with E-state index in [1.807, 2.05) is 11.8 Å². The van der Waals surface area contributed by atoms with Gasteiger partial charge in [-0.3, -0.25) is 4.99 Å². The number of nitrogens with zero attached hydrogens (tertiary/aromatic N) is 4. The van der Waals surface area contributed by atoms with E-state index in [9.17, 15) is 13.2 Å². The molecule has 10 heteroatoms. The molecule has 1 aromatic rings. The summed E-state index contributed by atoms with van der Waals surface area (Å²) < 4.78 is 43.0. The second kappa shape index (κ2) is 7.44. The Morgan fingerprint density at radius 1 is 1.57 bits per heavy atom. The topological polar surface area (TPSA) is 88.7 Å². The lowest BCUT2D eigenvalue weighted by molar-refractivity contribution is -0.141. The zero-order valence-electron chi connectivity index (χ0n) is 12.7. The molecular formula is C13H19F3N6O. The number of aliphatic imine (C=N–C) groups is 1. The highest BCUT2D eigenvalue weighted by molar-refractivity contribution is 5.78. The van der Waals surface area contributed by atoms with Gasteiger partial charge in [-0.15, -0.1) is 0 Å². The van der Waals surface area contributed by atoms with E-state index in [0.717, 1.165) is 12.3 Å². The van der Waals surface area contributed by atoms with Crippen molar-refractivity contribution in [1.29, 1.82) is 0 Å². The number of ether oxygens (including phenoxy) is 1. The van der Waals surface area contributed by atoms with Gasteiger partial charge in [-0.1, -0.05) is 0 Å². The first-order valence-electron chi connectivity index (χ1n) is 7.17. The summed E-state index contributed by atoms with van der Waals surface area (Å²) in [4.78, 5) is 13.3. The second-order valence-corrected chi connectivity index (χ2v) is 5.06. The van der Waals surface area contributed by atoms with Crippen molar-refractivity contribution in [3.05, 3.63) is 18.0 Å². The summed E-state index contributed by atoms with van der Waals surface area (Å²) in [6.45, 7) is 4.46. The van der Waals surface area contributed by atoms with Crippen LogP contribution in [0.25, 0.3) is 0 Å². The largest absolute Gasteiger partial charge is 0.433 e. The number of alkyl halides is 3. The third-order valence-electron chi connectivity index (χ3n) is 3.18. The molecule has 2 rings (SSSR count). The van der Waals surface area contributed by atoms with Crippen LogP contribution in [0.15, 0.2) is 17.3 Å². The number of hydrogen-bond donors (Lipinski definition) is 2. The Hall–Kier alpha value is -2.10. The van der Waals surface area contributed by atoms with E-state index in [2.05, 4.69) is 20.3 Å². The van der Waals surface area contributed by atoms with Crippen LogP contribution < -0.4 is 11.1 Å². The third-order valence-corrected chi connectivity index (χ3v) is 3.18. The molecule has 1 fully saturated rings. The van der Waals surface area contributed by atoms with Gasteiger partial charge in [0.25, 0.3) is 0 Å². The maximum Gasteiger partial charge on any atom is 0.433 e. The minimum atomic E-state index is -4.49. The van der Waals surface area contributed by atoms with Gasteiger partial charge in [-0.2, -0.15) is 13.2 Å². The minimum Gasteiger partial charge on any atom is -0.375 e. The van der Waals surface area contributed by atoms with Crippen LogP contribution in [-0.4, -0.2) is 59.7 Å². The first-order chi connectivity index (χ1) is 10.9. The molecule has 128 valence electrons. The summed E-state index contributed by atoms with van der Waals surface area (Å²) in [7, 11) is 0. The lowest BCUT2D eigenvalue weighted by Gasteiger charge is -2.31. The molecule has 1 unspecified atom stereocenters. The standard InChI is InChI=1S/C13H19F3N6O/c1-9-8-22(6-7-23-9)11(17)18-4-5-20-12-19-3-2-10(21-12)13(14,15)16/h2-3,9H,4-8H2,1H3,(H2,17,18)(H,19,20,21). The molecule has 0 bridgehead atoms. The molecule has 23 heavy (non-hydrogen) atoms. The Morgan fingerprint density at radius 3 is 3.04 bits per heavy atom. The molecule has 2 heterocycles. The normalized spacial score (nSPS) is 19.7. The second-order valence-electron chi connectivity index (χ2n) is 5.06. The van der Waals surface area contributed by atoms with Crippen LogP contribution in [0.2, 0.25) is 0 Å². The molecule has 3 N–H and O–H groups in total. The molecule has 0 amide bonds. The van der Waals surface area contributed by atoms with E-state index in [-0.39, 0.29) is 18.6 Å². The van der Waals surface area contributed by atoms with Gasteiger partial charge >= 0.3 is 6.18 Å². The van der Waals surface area contributed by atoms with Crippen molar-refractivity contribution >= 4 is 11.9 Å². The average molecular weight is 332 g/mol. The number of anilines is 1. The molecule has 0 spiro atoms. The van der Waals surface area contributed by atoms with Crippen LogP contribution in [0.5, 0.6) is 0 Å². The van der Waals surface area contributed by atoms with E-state index >= 15 is 0 Å². The number of aromatic nitrogens is 2. The number of nitrogens with one attached hydrogen (secondary N) is 1. The molecule has 1 aliphatic heterocycles. The van der Waals surface area contributed by atoms with Gasteiger partial charge in [0.1, 0.15) is 5.69 Å². The van der Waals surface area contributed by atoms with Crippen molar-refractivity contribution in [2.45, 2.75) is 19.2 Å². The molecule has 1 atom stereocenters. The predicted molar refractivity (Wildman–Crippen MR) is 79.0 cm³/mol. The quantitative estimate of drug-likeness (QED) is 0.485. The van der Waals surface area contributed by atoms with Gasteiger partial charge in [0.05, 0.1) is 19.3 Å². The molecule has 0 radical (unpaired) electrons. The third kappa shape index (κ3) is 5.23. The summed E-state index contributed by atoms with van der Waals surface area (Å²) >= 11 is 0. The molecule has 1 saturated heterocycles. The SMILES string of the molecule is CC1CN(C(N)=NCCNc2nccc(C(F)(F)F)n2)CCO1. The Labute approximate surface area is 131 Å². The van der Waals surface area contributed by atoms with Crippen LogP contribution in [0.1, 0.15) is 12.6 Å². The summed E-state index contributed by atoms with van der Waals surface area (Å²) in [5, 5.41) is 2.70. The van der Waals surface area contributed by atoms with Gasteiger partial charge in [0.2, 0.25) is 5.95 Å². The fraction of sp³-hybridized carbons (Fsp3) is 0.615. The number of rotatable bonds is 4. The zero-order valence-corrected chi connectivity index (χ0v) is 12.7. The van der Waals surface area contributed by atoms with Crippen molar-refractivity contribution in [3.63, 3.8) is 0 Å². The van der Waals surface area contributed by atoms with Crippen LogP contribution in [0.3, 0.4) is 0 Å². The first kappa shape index (κ1) is 17.3. The summed E-state index contributed by atoms with van der Waals surface area (Å²) in [5.41, 5.74) is 4.90. The van der Waals surface area contributed by atoms with Crippen LogP contribution >= 0.6 is 0 Å². The molecule has 0 aromatic carbocycles. The van der Waals surface area contributed by atoms with Crippen LogP contribution in [0, 0.1) is 0 Å². The van der Waals surface area contributed by atoms with Crippen LogP contribution in [-0.2, 0) is 10.9 Å². The highest BCUT2D eigenvalue weighted by Crippen LogP contribution is 2.27. The average Bonchev–Trinajstić information content (AvgIpc) is 2.51. The smallest absolute Gasteiger partial charge is 0.375 e. The number of morpholine rings is 1. The van der Waals surface area contributed by atoms with Crippen LogP contribution in [0.4, 0.5) is 19.1 Å². The van der Waals surface area contributed by atoms with Gasteiger partial charge in [0.15, 0.2) is 5.96 Å². The first-order valence-corrected chi connectivity index (χ1v) is 7.17. The summed E-state index contributed by atoms with van der Waals surface area (Å²) in [5.74, 6) is 0.306. The molecular weight excluding hydrogens is 313 g/mol. The Morgan fingerprint density at radius 2 is 2.35 bits per heavy atom. The Kier molecular flexibility index (Phi) is 5.59. The van der Waals surface area contributed by atoms with E-state index in [0.29, 0.717) is 32.2 Å². The van der Waals surface area contributed by atoms with Gasteiger partial charge in [-0.05, 0) is 13.0 Å². The highest BCUT2D eigenvalue weighted by Gasteiger charge is 2.32. The van der Waals surface area contributed by atoms with Crippen molar-refractivity contribution < 1.29 is 17.9 Å². The van der Waals surface area contributed by atoms with E-state index < -0.39 is 11.9 Å². The molecule has 1 aromatic heterocycles. The fourth-order valence-corrected chi connectivity index (χ4v) is 2.07. The Bertz CT molecular complexity index is 551. The van der Waals surface area contributed by atoms with Crippen molar-refractivity contribution in [1.82, 2.24) is 14.9 Å². The summed E-state index contributed by atoms with van der Waals surface area (Å²) in [6, 6.07) is 0.820. The maximum atomic E-state index is 12.5. The van der Waals surface area contributed by atoms with Gasteiger partial charge in [0, 0.05) is 25.8 Å². The lowest BCUT2D eigenvalue weighted by Crippen LogP contribution is -2.48. The minimum absolute atomic E-state index is 0.0893. The monoisotopic (exact) mass is 332 g/mol. The summed E-state index contributed by atoms with van der Waals surface area (Å²) in [6.07, 6.45) is -3.34. The van der Waals surface area contributed by atoms with E-state index in [4.69, 9.17) is 10.5 Å². The number of guanidine groups is 1. The number of halogens is 3. The lowest BCUT2D eigenvalue weighted by atomic mass is 10.3. The number of nitrogens with two attached hydrogens (primary N) is 1. The predicted octanol–water partition coefficient (Wildman–Crippen LogP) is 0.943. The molecule has 0 saturated carbocycles. The van der Waals surface area contributed by atoms with Crippen molar-refractivity contribution in [2.24, 2.45) is 10.7 Å². The molecule has 7 nitrogen and oxygen atoms in total. The fourth-order valence-electron chi connectivity index (χ4n) is 2.07. The maximum absolute atomic E-state index is 12.5. The zero-order chi connectivity index (χ0) is 16.9. The van der Waals surface area contributed by atoms with Gasteiger partial charge < -0.3 is 20.7 Å². The molecule has 1 aliphatic rings. The van der Waals surface area contributed by atoms with E-state index in [1.165, 1.54) is 0 Å². The number of hydrogen-bond acceptors (Lipinski definition) is 5. The van der Waals surface area contributed by atoms with Gasteiger partial charge in [-0.25, -0.2) is 9.97 Å². The van der Waals surface area contributed by atoms with Crippen molar-refractivity contribution in [2.75, 3.05) is 38.1 Å². The highest BCUT2D eigenvalue weighted by atomic mass is 19.4.